The number of nitrogens with zero attached hydrogens (tertiary/aromatic N) is 2. The molecule has 1 N–H and O–H groups in total. The van der Waals surface area contributed by atoms with Crippen molar-refractivity contribution < 1.29 is 23.5 Å². The molecule has 3 heterocycles. The first-order valence-corrected chi connectivity index (χ1v) is 14.5. The standard InChI is InChI=1S/C30H24FN3O5S2/c1-16-4-3-5-19(14-16)32-22(35)15-33-29-26(41-30(33)38)23(17-6-12-21(39-2)13-7-17)24-25(40-29)28(37)34(27(24)36)20-10-8-18(31)9-11-20/h3-14,23-25H,15H2,1-2H3,(H,32,35)/t23-,24-,25+/m0/s1. The van der Waals surface area contributed by atoms with Crippen LogP contribution >= 0.6 is 23.1 Å². The summed E-state index contributed by atoms with van der Waals surface area (Å²) in [5.41, 5.74) is 2.61. The molecule has 1 aromatic heterocycles. The second-order valence-corrected chi connectivity index (χ2v) is 12.0. The number of thioether (sulfide) groups is 1. The number of aryl methyl sites for hydroxylation is 1. The SMILES string of the molecule is COc1ccc([C@@H]2c3sc(=O)n(CC(=O)Nc4cccc(C)c4)c3S[C@H]3C(=O)N(c4ccc(F)cc4)C(=O)[C@@H]23)cc1. The summed E-state index contributed by atoms with van der Waals surface area (Å²) in [4.78, 5) is 55.3. The van der Waals surface area contributed by atoms with Crippen LogP contribution in [-0.2, 0) is 20.9 Å². The van der Waals surface area contributed by atoms with Crippen LogP contribution in [0.4, 0.5) is 15.8 Å². The van der Waals surface area contributed by atoms with Gasteiger partial charge < -0.3 is 10.1 Å². The Hall–Kier alpha value is -4.22. The van der Waals surface area contributed by atoms with Crippen LogP contribution in [0, 0.1) is 18.7 Å². The molecule has 1 fully saturated rings. The van der Waals surface area contributed by atoms with Gasteiger partial charge in [0.05, 0.1) is 23.7 Å². The molecule has 2 aliphatic heterocycles. The summed E-state index contributed by atoms with van der Waals surface area (Å²) in [6.45, 7) is 1.67. The Morgan fingerprint density at radius 2 is 1.73 bits per heavy atom. The number of carbonyl (C=O) groups excluding carboxylic acids is 3. The molecule has 0 aliphatic carbocycles. The number of aromatic nitrogens is 1. The predicted octanol–water partition coefficient (Wildman–Crippen LogP) is 4.80. The number of hydrogen-bond donors (Lipinski definition) is 1. The highest BCUT2D eigenvalue weighted by atomic mass is 32.2. The molecule has 208 valence electrons. The van der Waals surface area contributed by atoms with E-state index < -0.39 is 34.7 Å². The van der Waals surface area contributed by atoms with Crippen LogP contribution < -0.4 is 19.8 Å². The first-order valence-electron chi connectivity index (χ1n) is 12.8. The highest BCUT2D eigenvalue weighted by molar-refractivity contribution is 8.00. The van der Waals surface area contributed by atoms with Gasteiger partial charge in [-0.25, -0.2) is 9.29 Å². The minimum Gasteiger partial charge on any atom is -0.497 e. The molecule has 2 aliphatic rings. The first kappa shape index (κ1) is 27.0. The fourth-order valence-electron chi connectivity index (χ4n) is 5.34. The van der Waals surface area contributed by atoms with Crippen LogP contribution in [0.2, 0.25) is 0 Å². The molecule has 3 atom stereocenters. The van der Waals surface area contributed by atoms with Crippen molar-refractivity contribution in [2.75, 3.05) is 17.3 Å². The maximum absolute atomic E-state index is 13.9. The molecular weight excluding hydrogens is 565 g/mol. The Morgan fingerprint density at radius 1 is 1.00 bits per heavy atom. The molecule has 0 saturated carbocycles. The second-order valence-electron chi connectivity index (χ2n) is 9.84. The van der Waals surface area contributed by atoms with Crippen LogP contribution in [0.25, 0.3) is 0 Å². The van der Waals surface area contributed by atoms with Gasteiger partial charge in [0.15, 0.2) is 0 Å². The van der Waals surface area contributed by atoms with Crippen molar-refractivity contribution in [2.24, 2.45) is 5.92 Å². The van der Waals surface area contributed by atoms with E-state index in [-0.39, 0.29) is 23.0 Å². The van der Waals surface area contributed by atoms with Crippen molar-refractivity contribution in [1.29, 1.82) is 0 Å². The van der Waals surface area contributed by atoms with Gasteiger partial charge in [0.1, 0.15) is 23.4 Å². The quantitative estimate of drug-likeness (QED) is 0.325. The lowest BCUT2D eigenvalue weighted by molar-refractivity contribution is -0.122. The molecule has 1 saturated heterocycles. The summed E-state index contributed by atoms with van der Waals surface area (Å²) in [6, 6.07) is 19.7. The maximum atomic E-state index is 13.9. The average Bonchev–Trinajstić information content (AvgIpc) is 3.40. The van der Waals surface area contributed by atoms with Crippen molar-refractivity contribution in [3.8, 4) is 5.75 Å². The first-order chi connectivity index (χ1) is 19.7. The van der Waals surface area contributed by atoms with E-state index in [0.29, 0.717) is 21.3 Å². The Morgan fingerprint density at radius 3 is 2.41 bits per heavy atom. The summed E-state index contributed by atoms with van der Waals surface area (Å²) in [7, 11) is 1.55. The van der Waals surface area contributed by atoms with E-state index in [9.17, 15) is 23.6 Å². The van der Waals surface area contributed by atoms with Crippen LogP contribution in [0.1, 0.15) is 21.9 Å². The summed E-state index contributed by atoms with van der Waals surface area (Å²) < 4.78 is 20.3. The molecule has 4 aromatic rings. The zero-order valence-electron chi connectivity index (χ0n) is 22.0. The van der Waals surface area contributed by atoms with Crippen LogP contribution in [0.15, 0.2) is 82.6 Å². The molecular formula is C30H24FN3O5S2. The van der Waals surface area contributed by atoms with Gasteiger partial charge in [-0.1, -0.05) is 47.4 Å². The minimum atomic E-state index is -0.841. The predicted molar refractivity (Wildman–Crippen MR) is 155 cm³/mol. The summed E-state index contributed by atoms with van der Waals surface area (Å²) in [5.74, 6) is -2.52. The van der Waals surface area contributed by atoms with Crippen molar-refractivity contribution in [3.63, 3.8) is 0 Å². The van der Waals surface area contributed by atoms with Gasteiger partial charge in [0.2, 0.25) is 17.7 Å². The average molecular weight is 590 g/mol. The van der Waals surface area contributed by atoms with Crippen molar-refractivity contribution in [3.05, 3.63) is 104 Å². The maximum Gasteiger partial charge on any atom is 0.308 e. The zero-order chi connectivity index (χ0) is 28.8. The van der Waals surface area contributed by atoms with Gasteiger partial charge in [-0.2, -0.15) is 0 Å². The Labute approximate surface area is 242 Å². The number of nitrogens with one attached hydrogen (secondary N) is 1. The van der Waals surface area contributed by atoms with E-state index in [1.165, 1.54) is 28.8 Å². The fourth-order valence-corrected chi connectivity index (χ4v) is 8.11. The Bertz CT molecular complexity index is 1730. The molecule has 0 radical (unpaired) electrons. The number of amides is 3. The summed E-state index contributed by atoms with van der Waals surface area (Å²) in [6.07, 6.45) is 0. The van der Waals surface area contributed by atoms with Crippen molar-refractivity contribution in [1.82, 2.24) is 4.57 Å². The third-order valence-electron chi connectivity index (χ3n) is 7.21. The smallest absolute Gasteiger partial charge is 0.308 e. The van der Waals surface area contributed by atoms with Crippen LogP contribution in [0.3, 0.4) is 0 Å². The van der Waals surface area contributed by atoms with Crippen molar-refractivity contribution in [2.45, 2.75) is 29.7 Å². The van der Waals surface area contributed by atoms with Gasteiger partial charge in [-0.15, -0.1) is 0 Å². The highest BCUT2D eigenvalue weighted by Crippen LogP contribution is 2.54. The lowest BCUT2D eigenvalue weighted by atomic mass is 9.83. The van der Waals surface area contributed by atoms with E-state index in [1.54, 1.807) is 25.3 Å². The summed E-state index contributed by atoms with van der Waals surface area (Å²) >= 11 is 2.10. The lowest BCUT2D eigenvalue weighted by Gasteiger charge is -2.30. The van der Waals surface area contributed by atoms with E-state index >= 15 is 0 Å². The Balaban J connectivity index is 1.41. The number of rotatable bonds is 6. The molecule has 6 rings (SSSR count). The molecule has 0 bridgehead atoms. The third kappa shape index (κ3) is 4.85. The van der Waals surface area contributed by atoms with E-state index in [1.807, 2.05) is 37.3 Å². The molecule has 0 spiro atoms. The van der Waals surface area contributed by atoms with Crippen LogP contribution in [0.5, 0.6) is 5.75 Å². The fraction of sp³-hybridized carbons (Fsp3) is 0.200. The molecule has 11 heteroatoms. The molecule has 41 heavy (non-hydrogen) atoms. The van der Waals surface area contributed by atoms with Gasteiger partial charge >= 0.3 is 4.87 Å². The molecule has 0 unspecified atom stereocenters. The molecule has 8 nitrogen and oxygen atoms in total. The highest BCUT2D eigenvalue weighted by Gasteiger charge is 2.56. The van der Waals surface area contributed by atoms with E-state index in [2.05, 4.69) is 5.32 Å². The summed E-state index contributed by atoms with van der Waals surface area (Å²) in [5, 5.41) is 2.48. The lowest BCUT2D eigenvalue weighted by Crippen LogP contribution is -2.33. The normalized spacial score (nSPS) is 19.6. The monoisotopic (exact) mass is 589 g/mol. The number of carbonyl (C=O) groups is 3. The zero-order valence-corrected chi connectivity index (χ0v) is 23.6. The van der Waals surface area contributed by atoms with Gasteiger partial charge in [-0.05, 0) is 66.6 Å². The number of imide groups is 1. The minimum absolute atomic E-state index is 0.248. The number of benzene rings is 3. The van der Waals surface area contributed by atoms with Gasteiger partial charge in [0, 0.05) is 16.5 Å². The number of hydrogen-bond acceptors (Lipinski definition) is 7. The topological polar surface area (TPSA) is 97.7 Å². The largest absolute Gasteiger partial charge is 0.497 e. The third-order valence-corrected chi connectivity index (χ3v) is 9.82. The molecule has 3 aromatic carbocycles. The number of methoxy groups -OCH3 is 1. The van der Waals surface area contributed by atoms with Crippen molar-refractivity contribution >= 4 is 52.2 Å². The Kier molecular flexibility index (Phi) is 7.00. The van der Waals surface area contributed by atoms with Gasteiger partial charge in [-0.3, -0.25) is 23.7 Å². The van der Waals surface area contributed by atoms with Gasteiger partial charge in [0.25, 0.3) is 0 Å². The molecule has 3 amide bonds. The van der Waals surface area contributed by atoms with E-state index in [4.69, 9.17) is 4.74 Å². The number of ether oxygens (including phenoxy) is 1. The second kappa shape index (κ2) is 10.6. The van der Waals surface area contributed by atoms with Crippen LogP contribution in [-0.4, -0.2) is 34.6 Å². The number of thiazole rings is 1. The van der Waals surface area contributed by atoms with E-state index in [0.717, 1.165) is 39.1 Å². The number of halogens is 1. The number of fused-ring (bicyclic) bond motifs is 2. The number of anilines is 2.